The molecule has 1 aliphatic rings. The fourth-order valence-electron chi connectivity index (χ4n) is 1.77. The minimum absolute atomic E-state index is 0.166. The number of ether oxygens (including phenoxy) is 1. The number of nitrogen functional groups attached to an aromatic ring is 1. The number of H-pyrrole nitrogens is 1. The largest absolute Gasteiger partial charge is 0.444 e. The predicted octanol–water partition coefficient (Wildman–Crippen LogP) is 0.603. The number of aromatic nitrogens is 2. The molecule has 7 nitrogen and oxygen atoms in total. The number of nitrogens with two attached hydrogens (primary N) is 1. The fourth-order valence-corrected chi connectivity index (χ4v) is 1.77. The SMILES string of the molecule is CC(C)(C)OC(=O)N1Cc2[nH]c(=O)nc(N)c2C1. The maximum Gasteiger partial charge on any atom is 0.410 e. The molecule has 0 fully saturated rings. The van der Waals surface area contributed by atoms with Crippen LogP contribution in [0.1, 0.15) is 32.0 Å². The monoisotopic (exact) mass is 252 g/mol. The maximum absolute atomic E-state index is 11.9. The average molecular weight is 252 g/mol. The average Bonchev–Trinajstić information content (AvgIpc) is 2.58. The molecule has 2 heterocycles. The summed E-state index contributed by atoms with van der Waals surface area (Å²) in [7, 11) is 0. The standard InChI is InChI=1S/C11H16N4O3/c1-11(2,3)18-10(17)15-4-6-7(5-15)13-9(16)14-8(6)12/h4-5H2,1-3H3,(H3,12,13,14,16). The second-order valence-electron chi connectivity index (χ2n) is 5.22. The lowest BCUT2D eigenvalue weighted by atomic mass is 10.2. The lowest BCUT2D eigenvalue weighted by molar-refractivity contribution is 0.0241. The molecule has 0 aromatic carbocycles. The molecule has 3 N–H and O–H groups in total. The molecule has 1 amide bonds. The number of aromatic amines is 1. The molecule has 0 atom stereocenters. The highest BCUT2D eigenvalue weighted by atomic mass is 16.6. The first-order valence-corrected chi connectivity index (χ1v) is 5.62. The highest BCUT2D eigenvalue weighted by Gasteiger charge is 2.30. The van der Waals surface area contributed by atoms with Crippen molar-refractivity contribution in [2.45, 2.75) is 39.5 Å². The Morgan fingerprint density at radius 3 is 2.72 bits per heavy atom. The number of amides is 1. The Morgan fingerprint density at radius 2 is 2.11 bits per heavy atom. The Balaban J connectivity index is 2.18. The molecule has 1 aromatic rings. The minimum Gasteiger partial charge on any atom is -0.444 e. The fraction of sp³-hybridized carbons (Fsp3) is 0.545. The Bertz CT molecular complexity index is 544. The topological polar surface area (TPSA) is 101 Å². The summed E-state index contributed by atoms with van der Waals surface area (Å²) in [6, 6.07) is 0. The summed E-state index contributed by atoms with van der Waals surface area (Å²) in [6.07, 6.45) is -0.432. The first-order valence-electron chi connectivity index (χ1n) is 5.62. The summed E-state index contributed by atoms with van der Waals surface area (Å²) in [5.74, 6) is 0.166. The van der Waals surface area contributed by atoms with E-state index in [4.69, 9.17) is 10.5 Å². The summed E-state index contributed by atoms with van der Waals surface area (Å²) < 4.78 is 5.26. The van der Waals surface area contributed by atoms with Crippen LogP contribution < -0.4 is 11.4 Å². The van der Waals surface area contributed by atoms with Crippen LogP contribution in [0.4, 0.5) is 10.6 Å². The zero-order valence-corrected chi connectivity index (χ0v) is 10.6. The van der Waals surface area contributed by atoms with Gasteiger partial charge in [0.2, 0.25) is 0 Å². The van der Waals surface area contributed by atoms with Gasteiger partial charge in [0, 0.05) is 11.3 Å². The third kappa shape index (κ3) is 2.44. The van der Waals surface area contributed by atoms with Crippen molar-refractivity contribution in [2.24, 2.45) is 0 Å². The van der Waals surface area contributed by atoms with Gasteiger partial charge in [0.15, 0.2) is 0 Å². The molecule has 2 rings (SSSR count). The first-order chi connectivity index (χ1) is 8.26. The van der Waals surface area contributed by atoms with E-state index in [-0.39, 0.29) is 12.4 Å². The van der Waals surface area contributed by atoms with E-state index in [2.05, 4.69) is 9.97 Å². The molecule has 0 saturated heterocycles. The smallest absolute Gasteiger partial charge is 0.410 e. The van der Waals surface area contributed by atoms with Crippen LogP contribution >= 0.6 is 0 Å². The van der Waals surface area contributed by atoms with E-state index in [1.165, 1.54) is 4.90 Å². The summed E-state index contributed by atoms with van der Waals surface area (Å²) in [5.41, 5.74) is 5.90. The summed E-state index contributed by atoms with van der Waals surface area (Å²) in [5, 5.41) is 0. The van der Waals surface area contributed by atoms with Crippen LogP contribution in [0.3, 0.4) is 0 Å². The zero-order valence-electron chi connectivity index (χ0n) is 10.6. The van der Waals surface area contributed by atoms with Crippen molar-refractivity contribution in [2.75, 3.05) is 5.73 Å². The van der Waals surface area contributed by atoms with E-state index >= 15 is 0 Å². The third-order valence-corrected chi connectivity index (χ3v) is 2.50. The number of anilines is 1. The zero-order chi connectivity index (χ0) is 13.5. The van der Waals surface area contributed by atoms with Crippen LogP contribution in [0.2, 0.25) is 0 Å². The quantitative estimate of drug-likeness (QED) is 0.704. The van der Waals surface area contributed by atoms with Crippen LogP contribution in [-0.2, 0) is 17.8 Å². The van der Waals surface area contributed by atoms with E-state index in [0.717, 1.165) is 0 Å². The molecule has 0 aliphatic carbocycles. The molecule has 1 aliphatic heterocycles. The van der Waals surface area contributed by atoms with Gasteiger partial charge in [0.05, 0.1) is 13.1 Å². The highest BCUT2D eigenvalue weighted by molar-refractivity contribution is 5.69. The molecular formula is C11H16N4O3. The van der Waals surface area contributed by atoms with E-state index in [0.29, 0.717) is 17.8 Å². The Morgan fingerprint density at radius 1 is 1.44 bits per heavy atom. The predicted molar refractivity (Wildman–Crippen MR) is 64.8 cm³/mol. The molecule has 0 unspecified atom stereocenters. The number of hydrogen-bond acceptors (Lipinski definition) is 5. The van der Waals surface area contributed by atoms with Gasteiger partial charge in [0.25, 0.3) is 0 Å². The van der Waals surface area contributed by atoms with E-state index in [1.807, 2.05) is 0 Å². The van der Waals surface area contributed by atoms with Crippen LogP contribution in [0.5, 0.6) is 0 Å². The van der Waals surface area contributed by atoms with Crippen molar-refractivity contribution in [3.05, 3.63) is 21.7 Å². The van der Waals surface area contributed by atoms with Crippen LogP contribution in [0.15, 0.2) is 4.79 Å². The molecule has 98 valence electrons. The maximum atomic E-state index is 11.9. The molecule has 7 heteroatoms. The Labute approximate surface area is 104 Å². The molecule has 0 saturated carbocycles. The van der Waals surface area contributed by atoms with E-state index in [9.17, 15) is 9.59 Å². The molecule has 0 radical (unpaired) electrons. The van der Waals surface area contributed by atoms with E-state index in [1.54, 1.807) is 20.8 Å². The first kappa shape index (κ1) is 12.4. The lowest BCUT2D eigenvalue weighted by Crippen LogP contribution is -2.33. The number of carbonyl (C=O) groups excluding carboxylic acids is 1. The van der Waals surface area contributed by atoms with Gasteiger partial charge in [-0.2, -0.15) is 4.98 Å². The van der Waals surface area contributed by atoms with E-state index < -0.39 is 17.4 Å². The van der Waals surface area contributed by atoms with Crippen LogP contribution in [-0.4, -0.2) is 26.6 Å². The number of nitrogens with zero attached hydrogens (tertiary/aromatic N) is 2. The van der Waals surface area contributed by atoms with Gasteiger partial charge in [-0.1, -0.05) is 0 Å². The van der Waals surface area contributed by atoms with Crippen molar-refractivity contribution < 1.29 is 9.53 Å². The number of hydrogen-bond donors (Lipinski definition) is 2. The van der Waals surface area contributed by atoms with Gasteiger partial charge < -0.3 is 15.5 Å². The second-order valence-corrected chi connectivity index (χ2v) is 5.22. The second kappa shape index (κ2) is 4.01. The number of nitrogens with one attached hydrogen (secondary N) is 1. The molecular weight excluding hydrogens is 236 g/mol. The molecule has 0 spiro atoms. The van der Waals surface area contributed by atoms with Gasteiger partial charge in [-0.25, -0.2) is 9.59 Å². The molecule has 18 heavy (non-hydrogen) atoms. The summed E-state index contributed by atoms with van der Waals surface area (Å²) in [4.78, 5) is 30.7. The summed E-state index contributed by atoms with van der Waals surface area (Å²) in [6.45, 7) is 5.98. The van der Waals surface area contributed by atoms with Crippen molar-refractivity contribution in [1.82, 2.24) is 14.9 Å². The van der Waals surface area contributed by atoms with Gasteiger partial charge in [-0.15, -0.1) is 0 Å². The Hall–Kier alpha value is -2.05. The van der Waals surface area contributed by atoms with Gasteiger partial charge in [-0.05, 0) is 20.8 Å². The third-order valence-electron chi connectivity index (χ3n) is 2.50. The Kier molecular flexibility index (Phi) is 2.76. The summed E-state index contributed by atoms with van der Waals surface area (Å²) >= 11 is 0. The van der Waals surface area contributed by atoms with Gasteiger partial charge in [-0.3, -0.25) is 4.90 Å². The molecule has 1 aromatic heterocycles. The molecule has 0 bridgehead atoms. The van der Waals surface area contributed by atoms with Crippen LogP contribution in [0, 0.1) is 0 Å². The number of rotatable bonds is 0. The number of fused-ring (bicyclic) bond motifs is 1. The highest BCUT2D eigenvalue weighted by Crippen LogP contribution is 2.24. The lowest BCUT2D eigenvalue weighted by Gasteiger charge is -2.23. The van der Waals surface area contributed by atoms with Crippen molar-refractivity contribution in [3.63, 3.8) is 0 Å². The van der Waals surface area contributed by atoms with Crippen molar-refractivity contribution >= 4 is 11.9 Å². The van der Waals surface area contributed by atoms with Crippen LogP contribution in [0.25, 0.3) is 0 Å². The minimum atomic E-state index is -0.553. The van der Waals surface area contributed by atoms with Gasteiger partial charge >= 0.3 is 11.8 Å². The van der Waals surface area contributed by atoms with Crippen molar-refractivity contribution in [1.29, 1.82) is 0 Å². The van der Waals surface area contributed by atoms with Crippen molar-refractivity contribution in [3.8, 4) is 0 Å². The normalized spacial score (nSPS) is 14.5. The number of carbonyl (C=O) groups is 1. The van der Waals surface area contributed by atoms with Gasteiger partial charge in [0.1, 0.15) is 11.4 Å².